The van der Waals surface area contributed by atoms with Gasteiger partial charge in [-0.25, -0.2) is 0 Å². The highest BCUT2D eigenvalue weighted by molar-refractivity contribution is 5.52. The quantitative estimate of drug-likeness (QED) is 0.487. The van der Waals surface area contributed by atoms with Crippen LogP contribution >= 0.6 is 0 Å². The number of hydrogen-bond acceptors (Lipinski definition) is 2. The normalized spacial score (nSPS) is 11.4. The fraction of sp³-hybridized carbons (Fsp3) is 0.385. The number of aryl methyl sites for hydroxylation is 2. The lowest BCUT2D eigenvalue weighted by atomic mass is 9.75. The third-order valence-corrected chi connectivity index (χ3v) is 5.62. The average molecular weight is 379 g/mol. The maximum Gasteiger partial charge on any atom is 0.122 e. The van der Waals surface area contributed by atoms with Crippen molar-refractivity contribution in [3.05, 3.63) is 83.0 Å². The van der Waals surface area contributed by atoms with Crippen LogP contribution in [0, 0.1) is 6.92 Å². The molecule has 0 atom stereocenters. The summed E-state index contributed by atoms with van der Waals surface area (Å²) in [6.45, 7) is 16.2. The van der Waals surface area contributed by atoms with Gasteiger partial charge in [0.2, 0.25) is 0 Å². The first-order valence-electron chi connectivity index (χ1n) is 10.2. The molecule has 2 rings (SSSR count). The van der Waals surface area contributed by atoms with Crippen LogP contribution in [0.2, 0.25) is 0 Å². The van der Waals surface area contributed by atoms with E-state index in [1.165, 1.54) is 5.56 Å². The van der Waals surface area contributed by atoms with E-state index in [0.717, 1.165) is 47.1 Å². The Hall–Kier alpha value is -2.48. The van der Waals surface area contributed by atoms with E-state index >= 15 is 0 Å². The molecular weight excluding hydrogens is 344 g/mol. The zero-order valence-corrected chi connectivity index (χ0v) is 17.8. The maximum atomic E-state index is 10.7. The van der Waals surface area contributed by atoms with Gasteiger partial charge in [-0.1, -0.05) is 63.6 Å². The van der Waals surface area contributed by atoms with Crippen molar-refractivity contribution in [2.45, 2.75) is 65.2 Å². The van der Waals surface area contributed by atoms with Crippen LogP contribution < -0.4 is 0 Å². The van der Waals surface area contributed by atoms with E-state index in [1.54, 1.807) is 0 Å². The molecule has 0 saturated carbocycles. The molecule has 0 aromatic heterocycles. The van der Waals surface area contributed by atoms with Gasteiger partial charge in [-0.05, 0) is 66.0 Å². The number of unbranched alkanes of at least 4 members (excludes halogenated alkanes) is 1. The Bertz CT molecular complexity index is 859. The van der Waals surface area contributed by atoms with Crippen molar-refractivity contribution in [1.29, 1.82) is 0 Å². The molecule has 0 spiro atoms. The number of hydrogen-bond donors (Lipinski definition) is 2. The Labute approximate surface area is 170 Å². The van der Waals surface area contributed by atoms with Crippen LogP contribution in [0.25, 0.3) is 0 Å². The predicted molar refractivity (Wildman–Crippen MR) is 119 cm³/mol. The summed E-state index contributed by atoms with van der Waals surface area (Å²) in [5, 5.41) is 21.1. The van der Waals surface area contributed by atoms with Crippen molar-refractivity contribution < 1.29 is 10.2 Å². The van der Waals surface area contributed by atoms with Crippen molar-refractivity contribution >= 4 is 0 Å². The Balaban J connectivity index is 2.62. The molecule has 150 valence electrons. The minimum Gasteiger partial charge on any atom is -0.507 e. The highest BCUT2D eigenvalue weighted by Gasteiger charge is 2.27. The van der Waals surface area contributed by atoms with Gasteiger partial charge in [0.25, 0.3) is 0 Å². The van der Waals surface area contributed by atoms with Gasteiger partial charge in [0, 0.05) is 5.41 Å². The summed E-state index contributed by atoms with van der Waals surface area (Å²) in [5.41, 5.74) is 5.76. The zero-order valence-electron chi connectivity index (χ0n) is 17.8. The van der Waals surface area contributed by atoms with Gasteiger partial charge in [0.05, 0.1) is 0 Å². The van der Waals surface area contributed by atoms with Crippen LogP contribution in [0.1, 0.15) is 67.0 Å². The molecule has 0 heterocycles. The summed E-state index contributed by atoms with van der Waals surface area (Å²) in [7, 11) is 0. The number of rotatable bonds is 9. The third kappa shape index (κ3) is 4.49. The molecule has 0 unspecified atom stereocenters. The molecule has 0 saturated heterocycles. The fourth-order valence-corrected chi connectivity index (χ4v) is 3.68. The molecule has 0 fully saturated rings. The SMILES string of the molecule is C=CCc1cc(C(C)(C)c2cc(CC=C)c(O)c(CCCC)c2)cc(C)c1O. The van der Waals surface area contributed by atoms with Crippen LogP contribution in [0.4, 0.5) is 0 Å². The van der Waals surface area contributed by atoms with E-state index in [0.29, 0.717) is 24.3 Å². The molecular formula is C26H34O2. The highest BCUT2D eigenvalue weighted by atomic mass is 16.3. The van der Waals surface area contributed by atoms with E-state index in [9.17, 15) is 10.2 Å². The molecule has 2 N–H and O–H groups in total. The van der Waals surface area contributed by atoms with Crippen LogP contribution in [0.3, 0.4) is 0 Å². The van der Waals surface area contributed by atoms with Gasteiger partial charge >= 0.3 is 0 Å². The average Bonchev–Trinajstić information content (AvgIpc) is 2.66. The van der Waals surface area contributed by atoms with Gasteiger partial charge in [0.1, 0.15) is 11.5 Å². The van der Waals surface area contributed by atoms with E-state index in [1.807, 2.05) is 19.1 Å². The van der Waals surface area contributed by atoms with E-state index in [-0.39, 0.29) is 5.41 Å². The van der Waals surface area contributed by atoms with Gasteiger partial charge in [-0.3, -0.25) is 0 Å². The molecule has 0 bridgehead atoms. The second-order valence-electron chi connectivity index (χ2n) is 8.16. The summed E-state index contributed by atoms with van der Waals surface area (Å²) >= 11 is 0. The van der Waals surface area contributed by atoms with Gasteiger partial charge < -0.3 is 10.2 Å². The Morgan fingerprint density at radius 3 is 1.89 bits per heavy atom. The standard InChI is InChI=1S/C26H34O2/c1-7-10-13-21-17-23(16-20(12-9-3)25(21)28)26(5,6)22-14-18(4)24(27)19(15-22)11-8-2/h8-9,14-17,27-28H,2-3,7,10-13H2,1,4-6H3. The molecule has 0 aliphatic heterocycles. The number of benzene rings is 2. The minimum absolute atomic E-state index is 0.265. The van der Waals surface area contributed by atoms with Crippen molar-refractivity contribution in [1.82, 2.24) is 0 Å². The van der Waals surface area contributed by atoms with Crippen molar-refractivity contribution in [2.75, 3.05) is 0 Å². The fourth-order valence-electron chi connectivity index (χ4n) is 3.68. The Kier molecular flexibility index (Phi) is 7.12. The third-order valence-electron chi connectivity index (χ3n) is 5.62. The van der Waals surface area contributed by atoms with E-state index < -0.39 is 0 Å². The maximum absolute atomic E-state index is 10.7. The molecule has 0 aliphatic rings. The summed E-state index contributed by atoms with van der Waals surface area (Å²) in [5.74, 6) is 0.753. The van der Waals surface area contributed by atoms with Crippen LogP contribution in [0.5, 0.6) is 11.5 Å². The monoisotopic (exact) mass is 378 g/mol. The molecule has 2 aromatic rings. The highest BCUT2D eigenvalue weighted by Crippen LogP contribution is 2.39. The molecule has 0 radical (unpaired) electrons. The van der Waals surface area contributed by atoms with Crippen LogP contribution in [-0.2, 0) is 24.7 Å². The van der Waals surface area contributed by atoms with Crippen LogP contribution in [0.15, 0.2) is 49.6 Å². The van der Waals surface area contributed by atoms with E-state index in [4.69, 9.17) is 0 Å². The Morgan fingerprint density at radius 1 is 0.857 bits per heavy atom. The smallest absolute Gasteiger partial charge is 0.122 e. The summed E-state index contributed by atoms with van der Waals surface area (Å²) in [6.07, 6.45) is 7.94. The van der Waals surface area contributed by atoms with Gasteiger partial charge in [-0.2, -0.15) is 0 Å². The summed E-state index contributed by atoms with van der Waals surface area (Å²) in [6, 6.07) is 8.39. The molecule has 0 aliphatic carbocycles. The van der Waals surface area contributed by atoms with Crippen molar-refractivity contribution in [3.63, 3.8) is 0 Å². The Morgan fingerprint density at radius 2 is 1.36 bits per heavy atom. The lowest BCUT2D eigenvalue weighted by Gasteiger charge is -2.29. The van der Waals surface area contributed by atoms with Gasteiger partial charge in [0.15, 0.2) is 0 Å². The van der Waals surface area contributed by atoms with E-state index in [2.05, 4.69) is 58.2 Å². The first kappa shape index (κ1) is 21.8. The summed E-state index contributed by atoms with van der Waals surface area (Å²) < 4.78 is 0. The minimum atomic E-state index is -0.265. The topological polar surface area (TPSA) is 40.5 Å². The predicted octanol–water partition coefficient (Wildman–Crippen LogP) is 6.53. The molecule has 0 amide bonds. The second-order valence-corrected chi connectivity index (χ2v) is 8.16. The largest absolute Gasteiger partial charge is 0.507 e. The number of allylic oxidation sites excluding steroid dienone is 2. The molecule has 2 aromatic carbocycles. The first-order valence-corrected chi connectivity index (χ1v) is 10.2. The van der Waals surface area contributed by atoms with Gasteiger partial charge in [-0.15, -0.1) is 13.2 Å². The molecule has 2 heteroatoms. The number of phenols is 2. The molecule has 2 nitrogen and oxygen atoms in total. The number of phenolic OH excluding ortho intramolecular Hbond substituents is 2. The zero-order chi connectivity index (χ0) is 20.9. The van der Waals surface area contributed by atoms with Crippen LogP contribution in [-0.4, -0.2) is 10.2 Å². The summed E-state index contributed by atoms with van der Waals surface area (Å²) in [4.78, 5) is 0. The second kappa shape index (κ2) is 9.14. The van der Waals surface area contributed by atoms with Crippen molar-refractivity contribution in [3.8, 4) is 11.5 Å². The van der Waals surface area contributed by atoms with Crippen molar-refractivity contribution in [2.24, 2.45) is 0 Å². The lowest BCUT2D eigenvalue weighted by molar-refractivity contribution is 0.460. The first-order chi connectivity index (χ1) is 13.3. The lowest BCUT2D eigenvalue weighted by Crippen LogP contribution is -2.20. The molecule has 28 heavy (non-hydrogen) atoms. The number of aromatic hydroxyl groups is 2.